The summed E-state index contributed by atoms with van der Waals surface area (Å²) in [4.78, 5) is -0.0271. The number of halogens is 1. The second kappa shape index (κ2) is 9.10. The molecule has 0 radical (unpaired) electrons. The number of rotatable bonds is 7. The molecule has 6 nitrogen and oxygen atoms in total. The van der Waals surface area contributed by atoms with Crippen molar-refractivity contribution < 1.29 is 17.7 Å². The number of aromatic hydroxyl groups is 1. The zero-order chi connectivity index (χ0) is 21.1. The van der Waals surface area contributed by atoms with Crippen LogP contribution in [0.4, 0.5) is 5.69 Å². The lowest BCUT2D eigenvalue weighted by atomic mass is 9.93. The third kappa shape index (κ3) is 6.16. The van der Waals surface area contributed by atoms with Crippen LogP contribution in [0.5, 0.6) is 5.75 Å². The molecule has 0 aliphatic heterocycles. The van der Waals surface area contributed by atoms with Gasteiger partial charge in [-0.05, 0) is 77.2 Å². The molecular formula is C19H25IN2O4S2. The Balaban J connectivity index is 2.24. The molecule has 0 aromatic heterocycles. The smallest absolute Gasteiger partial charge is 0.244 e. The van der Waals surface area contributed by atoms with E-state index in [1.807, 2.05) is 45.9 Å². The second-order valence-corrected chi connectivity index (χ2v) is 11.7. The molecule has 0 aliphatic carbocycles. The Kier molecular flexibility index (Phi) is 7.51. The predicted octanol–water partition coefficient (Wildman–Crippen LogP) is 4.15. The van der Waals surface area contributed by atoms with Crippen LogP contribution in [0.15, 0.2) is 46.2 Å². The SMILES string of the molecule is Cc1c(I)cccc1NS(=O)c1ccc(O)c(S(=O)(=O)NCCC(C)(C)C)c1. The summed E-state index contributed by atoms with van der Waals surface area (Å²) in [6.07, 6.45) is 0.645. The molecule has 1 unspecified atom stereocenters. The number of benzene rings is 2. The lowest BCUT2D eigenvalue weighted by Crippen LogP contribution is -2.27. The number of hydrogen-bond donors (Lipinski definition) is 3. The minimum absolute atomic E-state index is 0.0249. The molecule has 0 aliphatic rings. The van der Waals surface area contributed by atoms with Gasteiger partial charge in [-0.15, -0.1) is 0 Å². The minimum Gasteiger partial charge on any atom is -0.507 e. The van der Waals surface area contributed by atoms with Crippen LogP contribution in [0.3, 0.4) is 0 Å². The van der Waals surface area contributed by atoms with Gasteiger partial charge in [0, 0.05) is 10.1 Å². The van der Waals surface area contributed by atoms with E-state index in [2.05, 4.69) is 32.0 Å². The zero-order valence-electron chi connectivity index (χ0n) is 16.2. The highest BCUT2D eigenvalue weighted by molar-refractivity contribution is 14.1. The van der Waals surface area contributed by atoms with Crippen molar-refractivity contribution in [2.75, 3.05) is 11.3 Å². The summed E-state index contributed by atoms with van der Waals surface area (Å²) in [5.74, 6) is -0.380. The highest BCUT2D eigenvalue weighted by atomic mass is 127. The van der Waals surface area contributed by atoms with Crippen LogP contribution in [0.25, 0.3) is 0 Å². The Morgan fingerprint density at radius 2 is 1.86 bits per heavy atom. The quantitative estimate of drug-likeness (QED) is 0.464. The van der Waals surface area contributed by atoms with E-state index in [1.165, 1.54) is 18.2 Å². The average Bonchev–Trinajstić information content (AvgIpc) is 2.57. The van der Waals surface area contributed by atoms with E-state index in [9.17, 15) is 17.7 Å². The zero-order valence-corrected chi connectivity index (χ0v) is 20.0. The van der Waals surface area contributed by atoms with Crippen LogP contribution in [0, 0.1) is 15.9 Å². The summed E-state index contributed by atoms with van der Waals surface area (Å²) in [5.41, 5.74) is 1.63. The fourth-order valence-electron chi connectivity index (χ4n) is 2.34. The lowest BCUT2D eigenvalue weighted by Gasteiger charge is -2.18. The van der Waals surface area contributed by atoms with Gasteiger partial charge in [0.25, 0.3) is 0 Å². The van der Waals surface area contributed by atoms with Gasteiger partial charge in [-0.3, -0.25) is 0 Å². The monoisotopic (exact) mass is 536 g/mol. The number of nitrogens with one attached hydrogen (secondary N) is 2. The molecule has 0 amide bonds. The van der Waals surface area contributed by atoms with E-state index < -0.39 is 21.0 Å². The fourth-order valence-corrected chi connectivity index (χ4v) is 5.02. The van der Waals surface area contributed by atoms with Gasteiger partial charge < -0.3 is 9.83 Å². The number of phenolic OH excluding ortho intramolecular Hbond substituents is 1. The number of phenols is 1. The highest BCUT2D eigenvalue weighted by Gasteiger charge is 2.21. The van der Waals surface area contributed by atoms with Crippen molar-refractivity contribution in [3.63, 3.8) is 0 Å². The van der Waals surface area contributed by atoms with Gasteiger partial charge in [-0.1, -0.05) is 26.8 Å². The van der Waals surface area contributed by atoms with Crippen molar-refractivity contribution in [1.29, 1.82) is 0 Å². The second-order valence-electron chi connectivity index (χ2n) is 7.62. The Morgan fingerprint density at radius 3 is 2.50 bits per heavy atom. The first-order chi connectivity index (χ1) is 12.9. The average molecular weight is 536 g/mol. The summed E-state index contributed by atoms with van der Waals surface area (Å²) in [6, 6.07) is 9.52. The van der Waals surface area contributed by atoms with Crippen LogP contribution < -0.4 is 9.44 Å². The third-order valence-corrected chi connectivity index (χ3v) is 7.82. The number of sulfonamides is 1. The molecule has 0 saturated carbocycles. The van der Waals surface area contributed by atoms with Crippen LogP contribution >= 0.6 is 22.6 Å². The maximum absolute atomic E-state index is 12.7. The highest BCUT2D eigenvalue weighted by Crippen LogP contribution is 2.27. The predicted molar refractivity (Wildman–Crippen MR) is 121 cm³/mol. The minimum atomic E-state index is -3.92. The molecule has 0 fully saturated rings. The van der Waals surface area contributed by atoms with E-state index in [-0.39, 0.29) is 27.5 Å². The Bertz CT molecular complexity index is 986. The van der Waals surface area contributed by atoms with Gasteiger partial charge in [0.1, 0.15) is 21.6 Å². The van der Waals surface area contributed by atoms with Gasteiger partial charge >= 0.3 is 0 Å². The van der Waals surface area contributed by atoms with Gasteiger partial charge in [0.05, 0.1) is 10.6 Å². The van der Waals surface area contributed by atoms with Crippen molar-refractivity contribution in [1.82, 2.24) is 4.72 Å². The largest absolute Gasteiger partial charge is 0.507 e. The van der Waals surface area contributed by atoms with Gasteiger partial charge in [0.2, 0.25) is 10.0 Å². The van der Waals surface area contributed by atoms with Crippen molar-refractivity contribution in [3.8, 4) is 5.75 Å². The normalized spacial score (nSPS) is 13.3. The molecular weight excluding hydrogens is 511 g/mol. The Morgan fingerprint density at radius 1 is 1.18 bits per heavy atom. The van der Waals surface area contributed by atoms with Gasteiger partial charge in [-0.2, -0.15) is 0 Å². The molecule has 3 N–H and O–H groups in total. The molecule has 0 bridgehead atoms. The van der Waals surface area contributed by atoms with Crippen molar-refractivity contribution in [2.24, 2.45) is 5.41 Å². The van der Waals surface area contributed by atoms with Crippen molar-refractivity contribution >= 4 is 49.3 Å². The van der Waals surface area contributed by atoms with Crippen LogP contribution in [0.1, 0.15) is 32.8 Å². The van der Waals surface area contributed by atoms with E-state index in [4.69, 9.17) is 0 Å². The molecule has 2 aromatic rings. The fraction of sp³-hybridized carbons (Fsp3) is 0.368. The molecule has 28 heavy (non-hydrogen) atoms. The number of hydrogen-bond acceptors (Lipinski definition) is 4. The van der Waals surface area contributed by atoms with Crippen LogP contribution in [-0.2, 0) is 21.0 Å². The third-order valence-electron chi connectivity index (χ3n) is 4.07. The molecule has 0 saturated heterocycles. The lowest BCUT2D eigenvalue weighted by molar-refractivity contribution is 0.378. The Hall–Kier alpha value is -1.17. The first-order valence-corrected chi connectivity index (χ1v) is 12.4. The van der Waals surface area contributed by atoms with Crippen molar-refractivity contribution in [2.45, 2.75) is 43.9 Å². The molecule has 2 rings (SSSR count). The standard InChI is InChI=1S/C19H25IN2O4S2/c1-13-15(20)6-5-7-16(13)22-27(24)14-8-9-17(23)18(12-14)28(25,26)21-11-10-19(2,3)4/h5-9,12,21-23H,10-11H2,1-4H3. The van der Waals surface area contributed by atoms with E-state index >= 15 is 0 Å². The Labute approximate surface area is 182 Å². The molecule has 0 spiro atoms. The summed E-state index contributed by atoms with van der Waals surface area (Å²) >= 11 is 2.19. The summed E-state index contributed by atoms with van der Waals surface area (Å²) in [7, 11) is -5.60. The van der Waals surface area contributed by atoms with Crippen LogP contribution in [-0.4, -0.2) is 24.3 Å². The first kappa shape index (κ1) is 23.1. The maximum atomic E-state index is 12.7. The summed E-state index contributed by atoms with van der Waals surface area (Å²) in [6.45, 7) is 8.20. The topological polar surface area (TPSA) is 95.5 Å². The summed E-state index contributed by atoms with van der Waals surface area (Å²) in [5, 5.41) is 10.0. The maximum Gasteiger partial charge on any atom is 0.244 e. The molecule has 1 atom stereocenters. The van der Waals surface area contributed by atoms with Gasteiger partial charge in [-0.25, -0.2) is 17.3 Å². The van der Waals surface area contributed by atoms with E-state index in [1.54, 1.807) is 0 Å². The van der Waals surface area contributed by atoms with Gasteiger partial charge in [0.15, 0.2) is 0 Å². The first-order valence-electron chi connectivity index (χ1n) is 8.67. The number of anilines is 1. The van der Waals surface area contributed by atoms with E-state index in [0.717, 1.165) is 9.13 Å². The molecule has 9 heteroatoms. The van der Waals surface area contributed by atoms with E-state index in [0.29, 0.717) is 12.1 Å². The van der Waals surface area contributed by atoms with Crippen molar-refractivity contribution in [3.05, 3.63) is 45.5 Å². The molecule has 154 valence electrons. The summed E-state index contributed by atoms with van der Waals surface area (Å²) < 4.78 is 44.3. The molecule has 0 heterocycles. The molecule has 2 aromatic carbocycles. The van der Waals surface area contributed by atoms with Crippen LogP contribution in [0.2, 0.25) is 0 Å².